The SMILES string of the molecule is Fc1cnc2ccc(C3=CCc4nc(NC5CCC(F)(F)CC5)ncc43)cn12.[HH].[HH]. The molecule has 3 aromatic rings. The highest BCUT2D eigenvalue weighted by atomic mass is 19.3. The zero-order valence-corrected chi connectivity index (χ0v) is 15.0. The molecule has 5 rings (SSSR count). The highest BCUT2D eigenvalue weighted by Crippen LogP contribution is 2.35. The van der Waals surface area contributed by atoms with Crippen LogP contribution in [-0.4, -0.2) is 31.3 Å². The number of hydrogen-bond donors (Lipinski definition) is 1. The van der Waals surface area contributed by atoms with Crippen molar-refractivity contribution in [2.75, 3.05) is 5.32 Å². The van der Waals surface area contributed by atoms with Crippen LogP contribution in [0.4, 0.5) is 19.1 Å². The van der Waals surface area contributed by atoms with Gasteiger partial charge in [-0.2, -0.15) is 4.39 Å². The van der Waals surface area contributed by atoms with Gasteiger partial charge >= 0.3 is 0 Å². The molecule has 5 nitrogen and oxygen atoms in total. The van der Waals surface area contributed by atoms with Crippen molar-refractivity contribution in [3.8, 4) is 0 Å². The number of nitrogens with zero attached hydrogens (tertiary/aromatic N) is 4. The summed E-state index contributed by atoms with van der Waals surface area (Å²) in [6, 6.07) is 3.64. The van der Waals surface area contributed by atoms with Crippen LogP contribution in [0.3, 0.4) is 0 Å². The van der Waals surface area contributed by atoms with Crippen molar-refractivity contribution in [2.24, 2.45) is 0 Å². The van der Waals surface area contributed by atoms with Crippen molar-refractivity contribution in [1.29, 1.82) is 0 Å². The number of hydrogen-bond acceptors (Lipinski definition) is 4. The van der Waals surface area contributed by atoms with Crippen molar-refractivity contribution < 1.29 is 16.0 Å². The number of alkyl halides is 2. The molecule has 1 saturated carbocycles. The number of rotatable bonds is 3. The van der Waals surface area contributed by atoms with E-state index in [2.05, 4.69) is 20.3 Å². The molecule has 2 aliphatic carbocycles. The minimum atomic E-state index is -2.55. The third-order valence-electron chi connectivity index (χ3n) is 5.48. The molecule has 0 aliphatic heterocycles. The fourth-order valence-electron chi connectivity index (χ4n) is 3.93. The first-order chi connectivity index (χ1) is 13.5. The third kappa shape index (κ3) is 3.02. The number of allylic oxidation sites excluding steroid dienone is 1. The van der Waals surface area contributed by atoms with Gasteiger partial charge in [-0.05, 0) is 36.1 Å². The molecule has 0 bridgehead atoms. The Morgan fingerprint density at radius 1 is 1.14 bits per heavy atom. The Labute approximate surface area is 162 Å². The van der Waals surface area contributed by atoms with Gasteiger partial charge in [0.2, 0.25) is 17.8 Å². The molecule has 3 aromatic heterocycles. The highest BCUT2D eigenvalue weighted by Gasteiger charge is 2.35. The van der Waals surface area contributed by atoms with E-state index in [-0.39, 0.29) is 21.7 Å². The maximum absolute atomic E-state index is 13.8. The molecule has 3 heterocycles. The van der Waals surface area contributed by atoms with E-state index in [1.54, 1.807) is 18.5 Å². The molecule has 28 heavy (non-hydrogen) atoms. The number of fused-ring (bicyclic) bond motifs is 2. The molecular formula is C20H22F3N5. The molecule has 0 radical (unpaired) electrons. The second-order valence-electron chi connectivity index (χ2n) is 7.38. The van der Waals surface area contributed by atoms with Crippen LogP contribution in [0.5, 0.6) is 0 Å². The topological polar surface area (TPSA) is 55.1 Å². The first-order valence-corrected chi connectivity index (χ1v) is 9.32. The summed E-state index contributed by atoms with van der Waals surface area (Å²) in [7, 11) is 0. The van der Waals surface area contributed by atoms with E-state index in [1.165, 1.54) is 10.6 Å². The second kappa shape index (κ2) is 6.32. The van der Waals surface area contributed by atoms with E-state index in [0.29, 0.717) is 30.9 Å². The summed E-state index contributed by atoms with van der Waals surface area (Å²) in [6.07, 6.45) is 7.96. The summed E-state index contributed by atoms with van der Waals surface area (Å²) in [5.41, 5.74) is 4.14. The van der Waals surface area contributed by atoms with Gasteiger partial charge in [0.25, 0.3) is 0 Å². The number of anilines is 1. The van der Waals surface area contributed by atoms with E-state index >= 15 is 0 Å². The Morgan fingerprint density at radius 2 is 1.96 bits per heavy atom. The predicted octanol–water partition coefficient (Wildman–Crippen LogP) is 4.73. The molecule has 8 heteroatoms. The lowest BCUT2D eigenvalue weighted by atomic mass is 9.92. The van der Waals surface area contributed by atoms with Gasteiger partial charge in [-0.3, -0.25) is 4.40 Å². The lowest BCUT2D eigenvalue weighted by Crippen LogP contribution is -2.32. The van der Waals surface area contributed by atoms with Gasteiger partial charge in [0, 0.05) is 46.1 Å². The van der Waals surface area contributed by atoms with Crippen LogP contribution in [0.15, 0.2) is 36.8 Å². The fourth-order valence-corrected chi connectivity index (χ4v) is 3.93. The lowest BCUT2D eigenvalue weighted by molar-refractivity contribution is -0.0361. The molecular weight excluding hydrogens is 367 g/mol. The Hall–Kier alpha value is -2.90. The van der Waals surface area contributed by atoms with Crippen LogP contribution in [0.25, 0.3) is 11.2 Å². The highest BCUT2D eigenvalue weighted by molar-refractivity contribution is 5.83. The lowest BCUT2D eigenvalue weighted by Gasteiger charge is -2.28. The van der Waals surface area contributed by atoms with E-state index in [4.69, 9.17) is 0 Å². The quantitative estimate of drug-likeness (QED) is 0.703. The van der Waals surface area contributed by atoms with Crippen LogP contribution in [-0.2, 0) is 6.42 Å². The Balaban J connectivity index is 0.00000128. The minimum Gasteiger partial charge on any atom is -0.351 e. The van der Waals surface area contributed by atoms with Gasteiger partial charge < -0.3 is 5.32 Å². The molecule has 0 amide bonds. The van der Waals surface area contributed by atoms with Crippen LogP contribution >= 0.6 is 0 Å². The van der Waals surface area contributed by atoms with E-state index in [1.807, 2.05) is 12.1 Å². The number of pyridine rings is 1. The van der Waals surface area contributed by atoms with Gasteiger partial charge in [-0.1, -0.05) is 6.08 Å². The van der Waals surface area contributed by atoms with Gasteiger partial charge in [0.1, 0.15) is 5.65 Å². The van der Waals surface area contributed by atoms with Gasteiger partial charge in [-0.15, -0.1) is 0 Å². The average molecular weight is 389 g/mol. The van der Waals surface area contributed by atoms with Crippen molar-refractivity contribution in [3.63, 3.8) is 0 Å². The van der Waals surface area contributed by atoms with E-state index in [9.17, 15) is 13.2 Å². The van der Waals surface area contributed by atoms with E-state index in [0.717, 1.165) is 22.4 Å². The number of nitrogens with one attached hydrogen (secondary N) is 1. The van der Waals surface area contributed by atoms with Gasteiger partial charge in [0.05, 0.1) is 11.9 Å². The van der Waals surface area contributed by atoms with Crippen LogP contribution < -0.4 is 5.32 Å². The Morgan fingerprint density at radius 3 is 2.79 bits per heavy atom. The van der Waals surface area contributed by atoms with Crippen molar-refractivity contribution in [3.05, 3.63) is 59.6 Å². The van der Waals surface area contributed by atoms with Crippen LogP contribution in [0, 0.1) is 5.95 Å². The molecule has 0 unspecified atom stereocenters. The summed E-state index contributed by atoms with van der Waals surface area (Å²) in [5, 5.41) is 3.19. The second-order valence-corrected chi connectivity index (χ2v) is 7.38. The molecule has 148 valence electrons. The predicted molar refractivity (Wildman–Crippen MR) is 103 cm³/mol. The van der Waals surface area contributed by atoms with Crippen molar-refractivity contribution in [1.82, 2.24) is 19.4 Å². The maximum Gasteiger partial charge on any atom is 0.248 e. The number of halogens is 3. The number of imidazole rings is 1. The van der Waals surface area contributed by atoms with Crippen LogP contribution in [0.1, 0.15) is 45.4 Å². The molecule has 1 N–H and O–H groups in total. The summed E-state index contributed by atoms with van der Waals surface area (Å²) in [4.78, 5) is 13.0. The standard InChI is InChI=1S/C20H18F3N5.2H2/c21-17-10-24-18-4-1-12(11-28(17)18)14-2-3-16-15(14)9-25-19(27-16)26-13-5-7-20(22,23)8-6-13;;/h1-2,4,9-11,13H,3,5-8H2,(H,25,26,27);2*1H. The first-order valence-electron chi connectivity index (χ1n) is 9.32. The third-order valence-corrected chi connectivity index (χ3v) is 5.48. The summed E-state index contributed by atoms with van der Waals surface area (Å²) in [6.45, 7) is 0. The minimum absolute atomic E-state index is 0. The normalized spacial score (nSPS) is 18.9. The first kappa shape index (κ1) is 17.2. The summed E-state index contributed by atoms with van der Waals surface area (Å²) >= 11 is 0. The molecule has 2 aliphatic rings. The largest absolute Gasteiger partial charge is 0.351 e. The average Bonchev–Trinajstić information content (AvgIpc) is 3.27. The molecule has 1 fully saturated rings. The zero-order valence-electron chi connectivity index (χ0n) is 15.0. The van der Waals surface area contributed by atoms with Gasteiger partial charge in [-0.25, -0.2) is 23.7 Å². The molecule has 0 saturated heterocycles. The van der Waals surface area contributed by atoms with Crippen molar-refractivity contribution >= 4 is 17.2 Å². The Bertz CT molecular complexity index is 1090. The zero-order chi connectivity index (χ0) is 19.3. The smallest absolute Gasteiger partial charge is 0.248 e. The fraction of sp³-hybridized carbons (Fsp3) is 0.350. The van der Waals surface area contributed by atoms with Gasteiger partial charge in [0.15, 0.2) is 0 Å². The number of aromatic nitrogens is 4. The molecule has 0 atom stereocenters. The Kier molecular flexibility index (Phi) is 3.89. The van der Waals surface area contributed by atoms with Crippen LogP contribution in [0.2, 0.25) is 0 Å². The molecule has 0 aromatic carbocycles. The van der Waals surface area contributed by atoms with Crippen molar-refractivity contribution in [2.45, 2.75) is 44.1 Å². The van der Waals surface area contributed by atoms with E-state index < -0.39 is 11.9 Å². The monoisotopic (exact) mass is 389 g/mol. The molecule has 0 spiro atoms. The summed E-state index contributed by atoms with van der Waals surface area (Å²) in [5.74, 6) is -2.49. The maximum atomic E-state index is 13.8. The summed E-state index contributed by atoms with van der Waals surface area (Å²) < 4.78 is 41.9.